The van der Waals surface area contributed by atoms with Gasteiger partial charge in [-0.2, -0.15) is 11.3 Å². The molecular formula is C18H24N2O2S. The molecule has 0 N–H and O–H groups in total. The summed E-state index contributed by atoms with van der Waals surface area (Å²) in [7, 11) is 0. The number of hydrogen-bond acceptors (Lipinski definition) is 4. The molecule has 0 unspecified atom stereocenters. The Kier molecular flexibility index (Phi) is 7.23. The quantitative estimate of drug-likeness (QED) is 0.364. The monoisotopic (exact) mass is 332 g/mol. The highest BCUT2D eigenvalue weighted by molar-refractivity contribution is 7.07. The molecule has 0 aliphatic carbocycles. The standard InChI is InChI=1S/C18H24N2O2S/c1-2-19(13-10-17-11-14-23-15-17)12-4-3-5-16-6-8-18(9-7-16)20(21)22/h6-9,11,14-15H,2-5,10,12-13H2,1H3. The number of benzene rings is 1. The highest BCUT2D eigenvalue weighted by Gasteiger charge is 2.05. The van der Waals surface area contributed by atoms with Crippen molar-refractivity contribution in [2.45, 2.75) is 32.6 Å². The first-order valence-corrected chi connectivity index (χ1v) is 9.10. The predicted octanol–water partition coefficient (Wildman–Crippen LogP) is 4.54. The fourth-order valence-electron chi connectivity index (χ4n) is 2.60. The van der Waals surface area contributed by atoms with Crippen molar-refractivity contribution in [1.29, 1.82) is 0 Å². The van der Waals surface area contributed by atoms with E-state index in [1.807, 2.05) is 12.1 Å². The number of unbranched alkanes of at least 4 members (excludes halogenated alkanes) is 1. The molecule has 0 atom stereocenters. The van der Waals surface area contributed by atoms with E-state index in [0.29, 0.717) is 0 Å². The van der Waals surface area contributed by atoms with Crippen molar-refractivity contribution in [3.8, 4) is 0 Å². The Morgan fingerprint density at radius 2 is 1.83 bits per heavy atom. The zero-order valence-corrected chi connectivity index (χ0v) is 14.4. The number of nitro benzene ring substituents is 1. The summed E-state index contributed by atoms with van der Waals surface area (Å²) in [6, 6.07) is 9.12. The van der Waals surface area contributed by atoms with Crippen LogP contribution < -0.4 is 0 Å². The number of thiophene rings is 1. The highest BCUT2D eigenvalue weighted by atomic mass is 32.1. The van der Waals surface area contributed by atoms with Crippen LogP contribution in [-0.2, 0) is 12.8 Å². The summed E-state index contributed by atoms with van der Waals surface area (Å²) in [5.41, 5.74) is 2.77. The van der Waals surface area contributed by atoms with Crippen molar-refractivity contribution < 1.29 is 4.92 Å². The first-order chi connectivity index (χ1) is 11.2. The first kappa shape index (κ1) is 17.6. The van der Waals surface area contributed by atoms with Crippen LogP contribution in [0.1, 0.15) is 30.9 Å². The lowest BCUT2D eigenvalue weighted by Crippen LogP contribution is -2.27. The Balaban J connectivity index is 1.65. The third-order valence-corrected chi connectivity index (χ3v) is 4.81. The molecule has 2 rings (SSSR count). The van der Waals surface area contributed by atoms with Crippen LogP contribution in [0.2, 0.25) is 0 Å². The van der Waals surface area contributed by atoms with Crippen molar-refractivity contribution in [2.75, 3.05) is 19.6 Å². The van der Waals surface area contributed by atoms with Gasteiger partial charge in [-0.05, 0) is 66.7 Å². The molecule has 4 nitrogen and oxygen atoms in total. The summed E-state index contributed by atoms with van der Waals surface area (Å²) in [6.07, 6.45) is 4.39. The number of non-ortho nitro benzene ring substituents is 1. The van der Waals surface area contributed by atoms with Crippen molar-refractivity contribution in [1.82, 2.24) is 4.90 Å². The smallest absolute Gasteiger partial charge is 0.269 e. The van der Waals surface area contributed by atoms with Gasteiger partial charge in [0.05, 0.1) is 4.92 Å². The average Bonchev–Trinajstić information content (AvgIpc) is 3.08. The molecule has 0 radical (unpaired) electrons. The van der Waals surface area contributed by atoms with E-state index in [2.05, 4.69) is 28.7 Å². The maximum atomic E-state index is 10.6. The molecule has 0 bridgehead atoms. The Labute approximate surface area is 141 Å². The van der Waals surface area contributed by atoms with Crippen LogP contribution in [0.4, 0.5) is 5.69 Å². The Morgan fingerprint density at radius 3 is 2.43 bits per heavy atom. The van der Waals surface area contributed by atoms with Crippen LogP contribution in [0.15, 0.2) is 41.1 Å². The van der Waals surface area contributed by atoms with Gasteiger partial charge in [0.25, 0.3) is 5.69 Å². The molecular weight excluding hydrogens is 308 g/mol. The number of aryl methyl sites for hydroxylation is 1. The van der Waals surface area contributed by atoms with E-state index in [0.717, 1.165) is 45.3 Å². The highest BCUT2D eigenvalue weighted by Crippen LogP contribution is 2.14. The van der Waals surface area contributed by atoms with Crippen LogP contribution in [0.3, 0.4) is 0 Å². The maximum Gasteiger partial charge on any atom is 0.269 e. The van der Waals surface area contributed by atoms with Gasteiger partial charge in [-0.1, -0.05) is 19.1 Å². The molecule has 0 saturated carbocycles. The molecule has 0 amide bonds. The van der Waals surface area contributed by atoms with Crippen molar-refractivity contribution >= 4 is 17.0 Å². The lowest BCUT2D eigenvalue weighted by Gasteiger charge is -2.20. The Bertz CT molecular complexity index is 582. The summed E-state index contributed by atoms with van der Waals surface area (Å²) in [5.74, 6) is 0. The summed E-state index contributed by atoms with van der Waals surface area (Å²) in [5, 5.41) is 15.0. The molecule has 5 heteroatoms. The minimum Gasteiger partial charge on any atom is -0.303 e. The van der Waals surface area contributed by atoms with Crippen molar-refractivity contribution in [3.05, 3.63) is 62.3 Å². The summed E-state index contributed by atoms with van der Waals surface area (Å²) < 4.78 is 0. The van der Waals surface area contributed by atoms with Crippen LogP contribution in [0.25, 0.3) is 0 Å². The fraction of sp³-hybridized carbons (Fsp3) is 0.444. The maximum absolute atomic E-state index is 10.6. The van der Waals surface area contributed by atoms with Gasteiger partial charge < -0.3 is 4.90 Å². The topological polar surface area (TPSA) is 46.4 Å². The normalized spacial score (nSPS) is 11.0. The van der Waals surface area contributed by atoms with Crippen LogP contribution in [0, 0.1) is 10.1 Å². The Morgan fingerprint density at radius 1 is 1.04 bits per heavy atom. The predicted molar refractivity (Wildman–Crippen MR) is 96.2 cm³/mol. The second-order valence-corrected chi connectivity index (χ2v) is 6.48. The minimum absolute atomic E-state index is 0.166. The molecule has 0 aliphatic rings. The zero-order chi connectivity index (χ0) is 16.5. The number of rotatable bonds is 10. The molecule has 124 valence electrons. The second kappa shape index (κ2) is 9.43. The zero-order valence-electron chi connectivity index (χ0n) is 13.6. The fourth-order valence-corrected chi connectivity index (χ4v) is 3.30. The summed E-state index contributed by atoms with van der Waals surface area (Å²) in [4.78, 5) is 12.8. The summed E-state index contributed by atoms with van der Waals surface area (Å²) in [6.45, 7) is 5.53. The van der Waals surface area contributed by atoms with Crippen LogP contribution >= 0.6 is 11.3 Å². The Hall–Kier alpha value is -1.72. The molecule has 0 fully saturated rings. The molecule has 0 saturated heterocycles. The second-order valence-electron chi connectivity index (χ2n) is 5.70. The largest absolute Gasteiger partial charge is 0.303 e. The molecule has 23 heavy (non-hydrogen) atoms. The van der Waals surface area contributed by atoms with E-state index in [1.54, 1.807) is 23.5 Å². The lowest BCUT2D eigenvalue weighted by molar-refractivity contribution is -0.384. The molecule has 1 aromatic carbocycles. The summed E-state index contributed by atoms with van der Waals surface area (Å²) >= 11 is 1.76. The van der Waals surface area contributed by atoms with E-state index in [4.69, 9.17) is 0 Å². The van der Waals surface area contributed by atoms with Crippen molar-refractivity contribution in [2.24, 2.45) is 0 Å². The third kappa shape index (κ3) is 6.12. The lowest BCUT2D eigenvalue weighted by atomic mass is 10.1. The third-order valence-electron chi connectivity index (χ3n) is 4.08. The molecule has 0 aliphatic heterocycles. The van der Waals surface area contributed by atoms with E-state index in [9.17, 15) is 10.1 Å². The number of hydrogen-bond donors (Lipinski definition) is 0. The van der Waals surface area contributed by atoms with E-state index in [-0.39, 0.29) is 10.6 Å². The van der Waals surface area contributed by atoms with Gasteiger partial charge in [-0.3, -0.25) is 10.1 Å². The molecule has 1 aromatic heterocycles. The number of nitro groups is 1. The van der Waals surface area contributed by atoms with Gasteiger partial charge in [0, 0.05) is 18.7 Å². The number of nitrogens with zero attached hydrogens (tertiary/aromatic N) is 2. The van der Waals surface area contributed by atoms with E-state index >= 15 is 0 Å². The SMILES string of the molecule is CCN(CCCCc1ccc([N+](=O)[O-])cc1)CCc1ccsc1. The van der Waals surface area contributed by atoms with Gasteiger partial charge in [-0.25, -0.2) is 0 Å². The number of likely N-dealkylation sites (N-methyl/N-ethyl adjacent to an activating group) is 1. The van der Waals surface area contributed by atoms with E-state index in [1.165, 1.54) is 11.1 Å². The molecule has 0 spiro atoms. The van der Waals surface area contributed by atoms with Gasteiger partial charge in [-0.15, -0.1) is 0 Å². The van der Waals surface area contributed by atoms with Gasteiger partial charge in [0.1, 0.15) is 0 Å². The molecule has 2 aromatic rings. The van der Waals surface area contributed by atoms with E-state index < -0.39 is 0 Å². The van der Waals surface area contributed by atoms with Gasteiger partial charge >= 0.3 is 0 Å². The average molecular weight is 332 g/mol. The van der Waals surface area contributed by atoms with Gasteiger partial charge in [0.15, 0.2) is 0 Å². The first-order valence-electron chi connectivity index (χ1n) is 8.16. The van der Waals surface area contributed by atoms with Gasteiger partial charge in [0.2, 0.25) is 0 Å². The minimum atomic E-state index is -0.351. The van der Waals surface area contributed by atoms with Crippen LogP contribution in [0.5, 0.6) is 0 Å². The van der Waals surface area contributed by atoms with Crippen LogP contribution in [-0.4, -0.2) is 29.5 Å². The van der Waals surface area contributed by atoms with Crippen molar-refractivity contribution in [3.63, 3.8) is 0 Å². The molecule has 1 heterocycles.